The second-order valence-electron chi connectivity index (χ2n) is 4.11. The molecule has 1 aliphatic rings. The third kappa shape index (κ3) is 1.43. The van der Waals surface area contributed by atoms with E-state index in [0.29, 0.717) is 5.75 Å². The van der Waals surface area contributed by atoms with E-state index in [2.05, 4.69) is 29.2 Å². The third-order valence-corrected chi connectivity index (χ3v) is 3.06. The molecule has 2 aromatic carbocycles. The number of nitrogens with zero attached hydrogens (tertiary/aromatic N) is 1. The smallest absolute Gasteiger partial charge is 0.138 e. The SMILES string of the molecule is Oc1ccccc1N1Cc2ccccc2C1. The Hall–Kier alpha value is -1.96. The highest BCUT2D eigenvalue weighted by Crippen LogP contribution is 2.33. The van der Waals surface area contributed by atoms with Gasteiger partial charge in [-0.1, -0.05) is 36.4 Å². The Labute approximate surface area is 94.8 Å². The van der Waals surface area contributed by atoms with Gasteiger partial charge < -0.3 is 10.0 Å². The van der Waals surface area contributed by atoms with E-state index in [4.69, 9.17) is 0 Å². The van der Waals surface area contributed by atoms with Crippen molar-refractivity contribution in [2.45, 2.75) is 13.1 Å². The lowest BCUT2D eigenvalue weighted by Gasteiger charge is -2.18. The maximum Gasteiger partial charge on any atom is 0.138 e. The van der Waals surface area contributed by atoms with Gasteiger partial charge in [0.25, 0.3) is 0 Å². The average Bonchev–Trinajstić information content (AvgIpc) is 2.73. The summed E-state index contributed by atoms with van der Waals surface area (Å²) in [5.74, 6) is 0.357. The first kappa shape index (κ1) is 9.28. The predicted octanol–water partition coefficient (Wildman–Crippen LogP) is 2.91. The van der Waals surface area contributed by atoms with Crippen LogP contribution in [-0.4, -0.2) is 5.11 Å². The molecule has 1 N–H and O–H groups in total. The van der Waals surface area contributed by atoms with E-state index >= 15 is 0 Å². The van der Waals surface area contributed by atoms with E-state index in [1.165, 1.54) is 11.1 Å². The van der Waals surface area contributed by atoms with Crippen molar-refractivity contribution < 1.29 is 5.11 Å². The highest BCUT2D eigenvalue weighted by Gasteiger charge is 2.20. The average molecular weight is 211 g/mol. The second-order valence-corrected chi connectivity index (χ2v) is 4.11. The molecule has 0 saturated heterocycles. The largest absolute Gasteiger partial charge is 0.506 e. The Balaban J connectivity index is 1.95. The first-order chi connectivity index (χ1) is 7.84. The summed E-state index contributed by atoms with van der Waals surface area (Å²) in [7, 11) is 0. The van der Waals surface area contributed by atoms with Gasteiger partial charge in [0.15, 0.2) is 0 Å². The molecule has 80 valence electrons. The highest BCUT2D eigenvalue weighted by atomic mass is 16.3. The van der Waals surface area contributed by atoms with Crippen molar-refractivity contribution in [3.8, 4) is 5.75 Å². The van der Waals surface area contributed by atoms with Crippen molar-refractivity contribution >= 4 is 5.69 Å². The summed E-state index contributed by atoms with van der Waals surface area (Å²) in [4.78, 5) is 2.19. The monoisotopic (exact) mass is 211 g/mol. The Kier molecular flexibility index (Phi) is 2.07. The maximum atomic E-state index is 9.81. The summed E-state index contributed by atoms with van der Waals surface area (Å²) in [5.41, 5.74) is 3.62. The molecule has 0 atom stereocenters. The van der Waals surface area contributed by atoms with Crippen LogP contribution < -0.4 is 4.90 Å². The standard InChI is InChI=1S/C14H13NO/c16-14-8-4-3-7-13(14)15-9-11-5-1-2-6-12(11)10-15/h1-8,16H,9-10H2. The third-order valence-electron chi connectivity index (χ3n) is 3.06. The molecular weight excluding hydrogens is 198 g/mol. The molecule has 2 heteroatoms. The molecule has 0 amide bonds. The van der Waals surface area contributed by atoms with Crippen LogP contribution in [0.15, 0.2) is 48.5 Å². The molecule has 1 aliphatic heterocycles. The minimum Gasteiger partial charge on any atom is -0.506 e. The molecule has 0 radical (unpaired) electrons. The van der Waals surface area contributed by atoms with Crippen LogP contribution in [0, 0.1) is 0 Å². The van der Waals surface area contributed by atoms with E-state index in [0.717, 1.165) is 18.8 Å². The van der Waals surface area contributed by atoms with E-state index in [1.54, 1.807) is 6.07 Å². The maximum absolute atomic E-state index is 9.81. The topological polar surface area (TPSA) is 23.5 Å². The van der Waals surface area contributed by atoms with Crippen LogP contribution in [0.1, 0.15) is 11.1 Å². The van der Waals surface area contributed by atoms with E-state index in [1.807, 2.05) is 18.2 Å². The lowest BCUT2D eigenvalue weighted by molar-refractivity contribution is 0.474. The van der Waals surface area contributed by atoms with Crippen molar-refractivity contribution in [3.05, 3.63) is 59.7 Å². The second kappa shape index (κ2) is 3.56. The zero-order valence-corrected chi connectivity index (χ0v) is 8.93. The first-order valence-electron chi connectivity index (χ1n) is 5.44. The van der Waals surface area contributed by atoms with Gasteiger partial charge in [0.1, 0.15) is 5.75 Å². The van der Waals surface area contributed by atoms with Gasteiger partial charge in [0, 0.05) is 13.1 Å². The molecule has 1 heterocycles. The molecule has 2 nitrogen and oxygen atoms in total. The predicted molar refractivity (Wildman–Crippen MR) is 64.4 cm³/mol. The number of benzene rings is 2. The van der Waals surface area contributed by atoms with Crippen LogP contribution in [0.4, 0.5) is 5.69 Å². The van der Waals surface area contributed by atoms with Crippen LogP contribution >= 0.6 is 0 Å². The van der Waals surface area contributed by atoms with Gasteiger partial charge in [-0.05, 0) is 23.3 Å². The van der Waals surface area contributed by atoms with Gasteiger partial charge in [0.05, 0.1) is 5.69 Å². The number of hydrogen-bond acceptors (Lipinski definition) is 2. The number of para-hydroxylation sites is 2. The Morgan fingerprint density at radius 2 is 1.38 bits per heavy atom. The zero-order valence-electron chi connectivity index (χ0n) is 8.93. The van der Waals surface area contributed by atoms with Crippen LogP contribution in [0.25, 0.3) is 0 Å². The van der Waals surface area contributed by atoms with Crippen molar-refractivity contribution in [1.29, 1.82) is 0 Å². The molecule has 3 rings (SSSR count). The summed E-state index contributed by atoms with van der Waals surface area (Å²) in [5, 5.41) is 9.81. The molecule has 0 aliphatic carbocycles. The first-order valence-corrected chi connectivity index (χ1v) is 5.44. The minimum absolute atomic E-state index is 0.357. The summed E-state index contributed by atoms with van der Waals surface area (Å²) in [6.07, 6.45) is 0. The highest BCUT2D eigenvalue weighted by molar-refractivity contribution is 5.60. The van der Waals surface area contributed by atoms with Crippen molar-refractivity contribution in [2.24, 2.45) is 0 Å². The number of aromatic hydroxyl groups is 1. The van der Waals surface area contributed by atoms with Gasteiger partial charge >= 0.3 is 0 Å². The van der Waals surface area contributed by atoms with Crippen LogP contribution in [-0.2, 0) is 13.1 Å². The summed E-state index contributed by atoms with van der Waals surface area (Å²) in [6, 6.07) is 15.9. The van der Waals surface area contributed by atoms with Crippen molar-refractivity contribution in [2.75, 3.05) is 4.90 Å². The molecule has 0 fully saturated rings. The van der Waals surface area contributed by atoms with E-state index < -0.39 is 0 Å². The number of phenols is 1. The van der Waals surface area contributed by atoms with Gasteiger partial charge in [-0.2, -0.15) is 0 Å². The lowest BCUT2D eigenvalue weighted by atomic mass is 10.1. The molecule has 2 aromatic rings. The van der Waals surface area contributed by atoms with E-state index in [9.17, 15) is 5.11 Å². The minimum atomic E-state index is 0.357. The fraction of sp³-hybridized carbons (Fsp3) is 0.143. The molecule has 0 unspecified atom stereocenters. The normalized spacial score (nSPS) is 13.9. The van der Waals surface area contributed by atoms with Gasteiger partial charge in [-0.15, -0.1) is 0 Å². The summed E-state index contributed by atoms with van der Waals surface area (Å²) in [6.45, 7) is 1.77. The van der Waals surface area contributed by atoms with Gasteiger partial charge in [0.2, 0.25) is 0 Å². The molecule has 0 bridgehead atoms. The quantitative estimate of drug-likeness (QED) is 0.784. The number of hydrogen-bond donors (Lipinski definition) is 1. The zero-order chi connectivity index (χ0) is 11.0. The number of anilines is 1. The summed E-state index contributed by atoms with van der Waals surface area (Å²) < 4.78 is 0. The molecule has 0 spiro atoms. The Morgan fingerprint density at radius 3 is 2.00 bits per heavy atom. The summed E-state index contributed by atoms with van der Waals surface area (Å²) >= 11 is 0. The van der Waals surface area contributed by atoms with Crippen molar-refractivity contribution in [3.63, 3.8) is 0 Å². The van der Waals surface area contributed by atoms with Gasteiger partial charge in [-0.3, -0.25) is 0 Å². The van der Waals surface area contributed by atoms with Crippen LogP contribution in [0.2, 0.25) is 0 Å². The number of rotatable bonds is 1. The fourth-order valence-corrected chi connectivity index (χ4v) is 2.24. The van der Waals surface area contributed by atoms with Crippen molar-refractivity contribution in [1.82, 2.24) is 0 Å². The number of phenolic OH excluding ortho intramolecular Hbond substituents is 1. The Morgan fingerprint density at radius 1 is 0.812 bits per heavy atom. The molecule has 16 heavy (non-hydrogen) atoms. The van der Waals surface area contributed by atoms with Gasteiger partial charge in [-0.25, -0.2) is 0 Å². The molecule has 0 aromatic heterocycles. The fourth-order valence-electron chi connectivity index (χ4n) is 2.24. The van der Waals surface area contributed by atoms with Crippen LogP contribution in [0.5, 0.6) is 5.75 Å². The van der Waals surface area contributed by atoms with Crippen LogP contribution in [0.3, 0.4) is 0 Å². The Bertz CT molecular complexity index is 497. The van der Waals surface area contributed by atoms with E-state index in [-0.39, 0.29) is 0 Å². The molecular formula is C14H13NO. The molecule has 0 saturated carbocycles. The lowest BCUT2D eigenvalue weighted by Crippen LogP contribution is -2.14. The number of fused-ring (bicyclic) bond motifs is 1.